The van der Waals surface area contributed by atoms with Gasteiger partial charge in [-0.2, -0.15) is 0 Å². The van der Waals surface area contributed by atoms with E-state index >= 15 is 0 Å². The van der Waals surface area contributed by atoms with Gasteiger partial charge >= 0.3 is 0 Å². The van der Waals surface area contributed by atoms with Crippen LogP contribution in [-0.4, -0.2) is 8.07 Å². The topological polar surface area (TPSA) is 3.24 Å². The summed E-state index contributed by atoms with van der Waals surface area (Å²) in [7, 11) is -2.79. The first kappa shape index (κ1) is 38.7. The second-order valence-electron chi connectivity index (χ2n) is 18.8. The van der Waals surface area contributed by atoms with E-state index < -0.39 is 13.5 Å². The van der Waals surface area contributed by atoms with Gasteiger partial charge in [-0.15, -0.1) is 0 Å². The van der Waals surface area contributed by atoms with Crippen LogP contribution in [0.15, 0.2) is 249 Å². The molecule has 10 aromatic carbocycles. The molecule has 0 unspecified atom stereocenters. The van der Waals surface area contributed by atoms with Crippen LogP contribution in [-0.2, 0) is 10.8 Å². The van der Waals surface area contributed by atoms with Crippen LogP contribution in [0, 0.1) is 0 Å². The maximum Gasteiger partial charge on any atom is 0.180 e. The first-order valence-corrected chi connectivity index (χ1v) is 25.3. The molecule has 0 bridgehead atoms. The second kappa shape index (κ2) is 14.6. The van der Waals surface area contributed by atoms with Gasteiger partial charge in [-0.1, -0.05) is 226 Å². The Kier molecular flexibility index (Phi) is 8.56. The van der Waals surface area contributed by atoms with Crippen LogP contribution in [0.5, 0.6) is 0 Å². The number of hydrogen-bond acceptors (Lipinski definition) is 1. The van der Waals surface area contributed by atoms with Crippen molar-refractivity contribution in [2.45, 2.75) is 24.7 Å². The Bertz CT molecular complexity index is 3430. The first-order chi connectivity index (χ1) is 32.5. The molecule has 0 saturated carbocycles. The zero-order valence-electron chi connectivity index (χ0n) is 37.1. The van der Waals surface area contributed by atoms with Gasteiger partial charge in [0.2, 0.25) is 0 Å². The van der Waals surface area contributed by atoms with E-state index in [0.717, 1.165) is 17.1 Å². The van der Waals surface area contributed by atoms with E-state index in [4.69, 9.17) is 0 Å². The summed E-state index contributed by atoms with van der Waals surface area (Å²) >= 11 is 0. The van der Waals surface area contributed by atoms with Gasteiger partial charge in [-0.25, -0.2) is 0 Å². The lowest BCUT2D eigenvalue weighted by Gasteiger charge is -2.35. The summed E-state index contributed by atoms with van der Waals surface area (Å²) in [6.45, 7) is 4.77. The quantitative estimate of drug-likeness (QED) is 0.144. The Morgan fingerprint density at radius 1 is 0.303 bits per heavy atom. The summed E-state index contributed by atoms with van der Waals surface area (Å²) in [5, 5.41) is 5.67. The molecule has 3 aliphatic rings. The molecule has 1 aliphatic heterocycles. The average Bonchev–Trinajstić information content (AvgIpc) is 3.94. The van der Waals surface area contributed by atoms with Crippen LogP contribution in [0.1, 0.15) is 47.2 Å². The van der Waals surface area contributed by atoms with Crippen molar-refractivity contribution in [2.24, 2.45) is 0 Å². The molecular weight excluding hydrogens is 811 g/mol. The van der Waals surface area contributed by atoms with E-state index in [0.29, 0.717) is 0 Å². The van der Waals surface area contributed by atoms with E-state index in [2.05, 4.69) is 267 Å². The van der Waals surface area contributed by atoms with Crippen molar-refractivity contribution in [1.29, 1.82) is 0 Å². The fraction of sp³-hybridized carbons (Fsp3) is 0.0625. The summed E-state index contributed by atoms with van der Waals surface area (Å²) in [6.07, 6.45) is 0. The molecule has 0 fully saturated rings. The SMILES string of the molecule is CC1(C)c2ccccc2-c2ccc(N(c3cccc([Si]4(c5ccccc5)c5ccccc5-c5ccccc54)c3)c3ccc4c(c3)C(c3ccccc3)(c3ccccc3)c3ccccc3-4)cc21. The lowest BCUT2D eigenvalue weighted by atomic mass is 9.67. The minimum Gasteiger partial charge on any atom is -0.310 e. The molecule has 0 saturated heterocycles. The summed E-state index contributed by atoms with van der Waals surface area (Å²) in [5.41, 5.74) is 18.5. The lowest BCUT2D eigenvalue weighted by molar-refractivity contribution is 0.660. The van der Waals surface area contributed by atoms with Crippen LogP contribution in [0.3, 0.4) is 0 Å². The van der Waals surface area contributed by atoms with Crippen molar-refractivity contribution in [2.75, 3.05) is 4.90 Å². The highest BCUT2D eigenvalue weighted by Crippen LogP contribution is 2.58. The van der Waals surface area contributed by atoms with E-state index in [1.165, 1.54) is 87.5 Å². The molecule has 2 heteroatoms. The van der Waals surface area contributed by atoms with Gasteiger partial charge in [0, 0.05) is 22.5 Å². The molecule has 312 valence electrons. The normalized spacial score (nSPS) is 14.9. The standard InChI is InChI=1S/C64H47NSi/c1-63(2)57-33-16-12-29-51(57)53-39-37-47(42-59(53)63)65(46-25-20-28-50(41-46)66(49-26-10-5-11-27-49)61-35-18-14-31-55(61)56-32-15-19-36-62(56)66)48-38-40-54-52-30-13-17-34-58(52)64(60(54)43-48,44-21-6-3-7-22-44)45-23-8-4-9-24-45/h3-43H,1-2H3. The average molecular weight is 858 g/mol. The highest BCUT2D eigenvalue weighted by molar-refractivity contribution is 7.22. The third kappa shape index (κ3) is 5.28. The second-order valence-corrected chi connectivity index (χ2v) is 22.5. The van der Waals surface area contributed by atoms with Crippen LogP contribution in [0.2, 0.25) is 0 Å². The van der Waals surface area contributed by atoms with E-state index in [1.54, 1.807) is 0 Å². The Morgan fingerprint density at radius 3 is 1.33 bits per heavy atom. The number of rotatable bonds is 7. The first-order valence-electron chi connectivity index (χ1n) is 23.3. The van der Waals surface area contributed by atoms with Crippen molar-refractivity contribution < 1.29 is 0 Å². The van der Waals surface area contributed by atoms with Gasteiger partial charge in [0.25, 0.3) is 0 Å². The van der Waals surface area contributed by atoms with Gasteiger partial charge in [0.15, 0.2) is 8.07 Å². The predicted octanol–water partition coefficient (Wildman–Crippen LogP) is 13.2. The Hall–Kier alpha value is -7.78. The molecule has 10 aromatic rings. The highest BCUT2D eigenvalue weighted by atomic mass is 28.3. The van der Waals surface area contributed by atoms with Crippen molar-refractivity contribution in [3.05, 3.63) is 282 Å². The molecule has 0 amide bonds. The highest BCUT2D eigenvalue weighted by Gasteiger charge is 2.49. The van der Waals surface area contributed by atoms with Crippen molar-refractivity contribution in [3.63, 3.8) is 0 Å². The van der Waals surface area contributed by atoms with E-state index in [-0.39, 0.29) is 5.41 Å². The minimum atomic E-state index is -2.79. The molecule has 1 nitrogen and oxygen atoms in total. The van der Waals surface area contributed by atoms with Crippen molar-refractivity contribution in [1.82, 2.24) is 0 Å². The van der Waals surface area contributed by atoms with Crippen LogP contribution < -0.4 is 25.6 Å². The monoisotopic (exact) mass is 857 g/mol. The number of fused-ring (bicyclic) bond motifs is 9. The Morgan fingerprint density at radius 2 is 0.727 bits per heavy atom. The summed E-state index contributed by atoms with van der Waals surface area (Å²) in [5.74, 6) is 0. The van der Waals surface area contributed by atoms with Crippen LogP contribution in [0.25, 0.3) is 33.4 Å². The lowest BCUT2D eigenvalue weighted by Crippen LogP contribution is -2.72. The maximum atomic E-state index is 2.55. The van der Waals surface area contributed by atoms with E-state index in [9.17, 15) is 0 Å². The molecule has 1 heterocycles. The van der Waals surface area contributed by atoms with Gasteiger partial charge in [0.1, 0.15) is 0 Å². The summed E-state index contributed by atoms with van der Waals surface area (Å²) in [4.78, 5) is 2.55. The molecule has 2 aliphatic carbocycles. The van der Waals surface area contributed by atoms with Crippen LogP contribution in [0.4, 0.5) is 17.1 Å². The molecule has 66 heavy (non-hydrogen) atoms. The molecule has 13 rings (SSSR count). The molecule has 0 aromatic heterocycles. The third-order valence-electron chi connectivity index (χ3n) is 15.2. The van der Waals surface area contributed by atoms with Gasteiger partial charge in [-0.3, -0.25) is 0 Å². The largest absolute Gasteiger partial charge is 0.310 e. The van der Waals surface area contributed by atoms with Gasteiger partial charge in [-0.05, 0) is 124 Å². The van der Waals surface area contributed by atoms with Gasteiger partial charge < -0.3 is 4.90 Å². The van der Waals surface area contributed by atoms with Crippen molar-refractivity contribution >= 4 is 45.9 Å². The summed E-state index contributed by atoms with van der Waals surface area (Å²) in [6, 6.07) is 94.1. The molecular formula is C64H47NSi. The zero-order chi connectivity index (χ0) is 44.0. The van der Waals surface area contributed by atoms with Crippen molar-refractivity contribution in [3.8, 4) is 33.4 Å². The fourth-order valence-electron chi connectivity index (χ4n) is 12.4. The molecule has 0 atom stereocenters. The van der Waals surface area contributed by atoms with Crippen LogP contribution >= 0.6 is 0 Å². The van der Waals surface area contributed by atoms with Gasteiger partial charge in [0.05, 0.1) is 5.41 Å². The van der Waals surface area contributed by atoms with E-state index in [1.807, 2.05) is 0 Å². The number of anilines is 3. The third-order valence-corrected chi connectivity index (χ3v) is 20.1. The Balaban J connectivity index is 1.09. The molecule has 0 spiro atoms. The molecule has 0 radical (unpaired) electrons. The predicted molar refractivity (Wildman–Crippen MR) is 279 cm³/mol. The Labute approximate surface area is 389 Å². The number of hydrogen-bond donors (Lipinski definition) is 0. The summed E-state index contributed by atoms with van der Waals surface area (Å²) < 4.78 is 0. The maximum absolute atomic E-state index is 2.79. The minimum absolute atomic E-state index is 0.160. The smallest absolute Gasteiger partial charge is 0.180 e. The number of benzene rings is 10. The zero-order valence-corrected chi connectivity index (χ0v) is 38.1. The fourth-order valence-corrected chi connectivity index (χ4v) is 17.6. The number of nitrogens with zero attached hydrogens (tertiary/aromatic N) is 1. The molecule has 0 N–H and O–H groups in total.